The van der Waals surface area contributed by atoms with Crippen molar-refractivity contribution in [2.24, 2.45) is 0 Å². The highest BCUT2D eigenvalue weighted by Gasteiger charge is 2.14. The predicted octanol–water partition coefficient (Wildman–Crippen LogP) is 1.10. The summed E-state index contributed by atoms with van der Waals surface area (Å²) in [5.41, 5.74) is 0.277. The van der Waals surface area contributed by atoms with E-state index in [2.05, 4.69) is 5.32 Å². The van der Waals surface area contributed by atoms with Crippen LogP contribution in [0.15, 0.2) is 18.2 Å². The summed E-state index contributed by atoms with van der Waals surface area (Å²) in [7, 11) is 0. The van der Waals surface area contributed by atoms with E-state index in [1.54, 1.807) is 0 Å². The third-order valence-electron chi connectivity index (χ3n) is 2.10. The Labute approximate surface area is 96.3 Å². The van der Waals surface area contributed by atoms with Gasteiger partial charge in [-0.2, -0.15) is 0 Å². The van der Waals surface area contributed by atoms with Crippen molar-refractivity contribution in [1.29, 1.82) is 0 Å². The van der Waals surface area contributed by atoms with Crippen LogP contribution in [0.25, 0.3) is 0 Å². The molecule has 1 atom stereocenters. The molecule has 0 fully saturated rings. The number of carbonyl (C=O) groups is 2. The number of hydrogen-bond acceptors (Lipinski definition) is 2. The third-order valence-corrected chi connectivity index (χ3v) is 2.10. The summed E-state index contributed by atoms with van der Waals surface area (Å²) in [5, 5.41) is 10.8. The highest BCUT2D eigenvalue weighted by atomic mass is 19.2. The van der Waals surface area contributed by atoms with Gasteiger partial charge in [0.05, 0.1) is 6.42 Å². The molecule has 0 aliphatic rings. The van der Waals surface area contributed by atoms with E-state index in [4.69, 9.17) is 5.11 Å². The van der Waals surface area contributed by atoms with Gasteiger partial charge in [-0.1, -0.05) is 6.07 Å². The molecule has 6 heteroatoms. The highest BCUT2D eigenvalue weighted by molar-refractivity contribution is 5.84. The van der Waals surface area contributed by atoms with Crippen LogP contribution in [-0.2, 0) is 16.0 Å². The summed E-state index contributed by atoms with van der Waals surface area (Å²) >= 11 is 0. The van der Waals surface area contributed by atoms with Gasteiger partial charge in [-0.25, -0.2) is 8.78 Å². The van der Waals surface area contributed by atoms with Crippen molar-refractivity contribution in [2.45, 2.75) is 19.4 Å². The van der Waals surface area contributed by atoms with Gasteiger partial charge in [0.25, 0.3) is 0 Å². The Bertz CT molecular complexity index is 448. The molecule has 0 bridgehead atoms. The van der Waals surface area contributed by atoms with E-state index in [0.29, 0.717) is 0 Å². The highest BCUT2D eigenvalue weighted by Crippen LogP contribution is 2.09. The molecule has 1 rings (SSSR count). The van der Waals surface area contributed by atoms with Crippen molar-refractivity contribution in [1.82, 2.24) is 5.32 Å². The smallest absolute Gasteiger partial charge is 0.325 e. The topological polar surface area (TPSA) is 66.4 Å². The number of aliphatic carboxylic acids is 1. The molecule has 0 aliphatic carbocycles. The first kappa shape index (κ1) is 13.1. The van der Waals surface area contributed by atoms with Crippen molar-refractivity contribution in [3.05, 3.63) is 35.4 Å². The maximum atomic E-state index is 12.8. The number of carbonyl (C=O) groups excluding carboxylic acids is 1. The molecule has 0 aromatic heterocycles. The van der Waals surface area contributed by atoms with Gasteiger partial charge < -0.3 is 10.4 Å². The van der Waals surface area contributed by atoms with E-state index in [-0.39, 0.29) is 12.0 Å². The second-order valence-electron chi connectivity index (χ2n) is 3.55. The summed E-state index contributed by atoms with van der Waals surface area (Å²) in [6.07, 6.45) is -0.200. The van der Waals surface area contributed by atoms with Crippen LogP contribution in [0.3, 0.4) is 0 Å². The molecule has 17 heavy (non-hydrogen) atoms. The second kappa shape index (κ2) is 5.38. The van der Waals surface area contributed by atoms with Crippen LogP contribution in [0.1, 0.15) is 12.5 Å². The van der Waals surface area contributed by atoms with Gasteiger partial charge in [-0.3, -0.25) is 9.59 Å². The van der Waals surface area contributed by atoms with Crippen molar-refractivity contribution in [2.75, 3.05) is 0 Å². The monoisotopic (exact) mass is 243 g/mol. The average Bonchev–Trinajstić information content (AvgIpc) is 2.23. The minimum Gasteiger partial charge on any atom is -0.480 e. The van der Waals surface area contributed by atoms with E-state index >= 15 is 0 Å². The number of nitrogens with one attached hydrogen (secondary N) is 1. The maximum Gasteiger partial charge on any atom is 0.325 e. The Kier molecular flexibility index (Phi) is 4.14. The Morgan fingerprint density at radius 2 is 2.00 bits per heavy atom. The zero-order valence-electron chi connectivity index (χ0n) is 9.04. The predicted molar refractivity (Wildman–Crippen MR) is 55.3 cm³/mol. The minimum atomic E-state index is -1.16. The maximum absolute atomic E-state index is 12.8. The molecule has 0 spiro atoms. The molecule has 2 N–H and O–H groups in total. The van der Waals surface area contributed by atoms with E-state index in [1.165, 1.54) is 13.0 Å². The van der Waals surface area contributed by atoms with E-state index in [1.807, 2.05) is 0 Å². The van der Waals surface area contributed by atoms with Crippen LogP contribution < -0.4 is 5.32 Å². The van der Waals surface area contributed by atoms with Crippen LogP contribution >= 0.6 is 0 Å². The van der Waals surface area contributed by atoms with Crippen LogP contribution in [-0.4, -0.2) is 23.0 Å². The first-order valence-electron chi connectivity index (χ1n) is 4.86. The summed E-state index contributed by atoms with van der Waals surface area (Å²) in [6.45, 7) is 1.31. The first-order valence-corrected chi connectivity index (χ1v) is 4.86. The fourth-order valence-corrected chi connectivity index (χ4v) is 1.19. The van der Waals surface area contributed by atoms with Gasteiger partial charge in [0.15, 0.2) is 11.6 Å². The lowest BCUT2D eigenvalue weighted by Crippen LogP contribution is -2.39. The van der Waals surface area contributed by atoms with Gasteiger partial charge >= 0.3 is 5.97 Å². The van der Waals surface area contributed by atoms with Crippen LogP contribution in [0.2, 0.25) is 0 Å². The molecule has 0 saturated heterocycles. The Hall–Kier alpha value is -1.98. The average molecular weight is 243 g/mol. The zero-order chi connectivity index (χ0) is 13.0. The lowest BCUT2D eigenvalue weighted by Gasteiger charge is -2.09. The summed E-state index contributed by atoms with van der Waals surface area (Å²) in [5.74, 6) is -3.76. The molecule has 0 radical (unpaired) electrons. The van der Waals surface area contributed by atoms with E-state index < -0.39 is 29.6 Å². The van der Waals surface area contributed by atoms with Gasteiger partial charge in [-0.15, -0.1) is 0 Å². The Balaban J connectivity index is 2.62. The molecule has 1 aromatic rings. The van der Waals surface area contributed by atoms with Gasteiger partial charge in [0.2, 0.25) is 5.91 Å². The SMILES string of the molecule is C[C@H](NC(=O)Cc1ccc(F)c(F)c1)C(=O)O. The molecule has 4 nitrogen and oxygen atoms in total. The molecule has 0 heterocycles. The van der Waals surface area contributed by atoms with Crippen molar-refractivity contribution < 1.29 is 23.5 Å². The van der Waals surface area contributed by atoms with Crippen molar-refractivity contribution >= 4 is 11.9 Å². The van der Waals surface area contributed by atoms with Crippen molar-refractivity contribution in [3.8, 4) is 0 Å². The van der Waals surface area contributed by atoms with E-state index in [0.717, 1.165) is 12.1 Å². The largest absolute Gasteiger partial charge is 0.480 e. The molecule has 1 aromatic carbocycles. The number of hydrogen-bond donors (Lipinski definition) is 2. The van der Waals surface area contributed by atoms with Crippen molar-refractivity contribution in [3.63, 3.8) is 0 Å². The number of rotatable bonds is 4. The minimum absolute atomic E-state index is 0.200. The molecular weight excluding hydrogens is 232 g/mol. The summed E-state index contributed by atoms with van der Waals surface area (Å²) in [4.78, 5) is 21.8. The quantitative estimate of drug-likeness (QED) is 0.832. The standard InChI is InChI=1S/C11H11F2NO3/c1-6(11(16)17)14-10(15)5-7-2-3-8(12)9(13)4-7/h2-4,6H,5H2,1H3,(H,14,15)(H,16,17)/t6-/m0/s1. The lowest BCUT2D eigenvalue weighted by molar-refractivity contribution is -0.141. The van der Waals surface area contributed by atoms with Crippen LogP contribution in [0, 0.1) is 11.6 Å². The summed E-state index contributed by atoms with van der Waals surface area (Å²) in [6, 6.07) is 2.07. The van der Waals surface area contributed by atoms with Gasteiger partial charge in [-0.05, 0) is 24.6 Å². The molecule has 0 unspecified atom stereocenters. The molecule has 0 saturated carbocycles. The van der Waals surface area contributed by atoms with Gasteiger partial charge in [0.1, 0.15) is 6.04 Å². The second-order valence-corrected chi connectivity index (χ2v) is 3.55. The fraction of sp³-hybridized carbons (Fsp3) is 0.273. The number of benzene rings is 1. The first-order chi connectivity index (χ1) is 7.90. The lowest BCUT2D eigenvalue weighted by atomic mass is 10.1. The number of carboxylic acid groups (broad SMARTS) is 1. The van der Waals surface area contributed by atoms with Crippen LogP contribution in [0.5, 0.6) is 0 Å². The number of carboxylic acids is 1. The normalized spacial score (nSPS) is 11.9. The van der Waals surface area contributed by atoms with Crippen LogP contribution in [0.4, 0.5) is 8.78 Å². The molecular formula is C11H11F2NO3. The number of amides is 1. The van der Waals surface area contributed by atoms with E-state index in [9.17, 15) is 18.4 Å². The summed E-state index contributed by atoms with van der Waals surface area (Å²) < 4.78 is 25.4. The Morgan fingerprint density at radius 3 is 2.53 bits per heavy atom. The molecule has 0 aliphatic heterocycles. The number of halogens is 2. The molecule has 1 amide bonds. The molecule has 92 valence electrons. The van der Waals surface area contributed by atoms with Gasteiger partial charge in [0, 0.05) is 0 Å². The fourth-order valence-electron chi connectivity index (χ4n) is 1.19. The third kappa shape index (κ3) is 3.82. The Morgan fingerprint density at radius 1 is 1.35 bits per heavy atom. The zero-order valence-corrected chi connectivity index (χ0v) is 9.04.